The monoisotopic (exact) mass is 374 g/mol. The van der Waals surface area contributed by atoms with Gasteiger partial charge in [0.1, 0.15) is 12.2 Å². The molecular formula is C19H26N4O4. The van der Waals surface area contributed by atoms with Crippen molar-refractivity contribution in [1.82, 2.24) is 15.0 Å². The van der Waals surface area contributed by atoms with E-state index in [-0.39, 0.29) is 18.8 Å². The molecule has 0 unspecified atom stereocenters. The molecule has 8 nitrogen and oxygen atoms in total. The Morgan fingerprint density at radius 2 is 1.93 bits per heavy atom. The highest BCUT2D eigenvalue weighted by Gasteiger charge is 2.27. The highest BCUT2D eigenvalue weighted by atomic mass is 16.6. The largest absolute Gasteiger partial charge is 0.444 e. The van der Waals surface area contributed by atoms with Crippen LogP contribution in [-0.2, 0) is 16.1 Å². The molecule has 0 aliphatic carbocycles. The number of ether oxygens (including phenoxy) is 2. The lowest BCUT2D eigenvalue weighted by molar-refractivity contribution is -0.0190. The molecule has 0 saturated carbocycles. The second-order valence-electron chi connectivity index (χ2n) is 7.62. The van der Waals surface area contributed by atoms with Crippen molar-refractivity contribution < 1.29 is 18.8 Å². The maximum atomic E-state index is 12.1. The lowest BCUT2D eigenvalue weighted by Crippen LogP contribution is -2.43. The zero-order valence-corrected chi connectivity index (χ0v) is 16.0. The van der Waals surface area contributed by atoms with Crippen molar-refractivity contribution in [2.75, 3.05) is 18.8 Å². The van der Waals surface area contributed by atoms with Crippen LogP contribution in [0, 0.1) is 0 Å². The Balaban J connectivity index is 1.45. The van der Waals surface area contributed by atoms with Crippen molar-refractivity contribution in [1.29, 1.82) is 0 Å². The van der Waals surface area contributed by atoms with Gasteiger partial charge in [0.2, 0.25) is 0 Å². The Morgan fingerprint density at radius 1 is 1.26 bits per heavy atom. The minimum atomic E-state index is -0.481. The van der Waals surface area contributed by atoms with Gasteiger partial charge in [0.05, 0.1) is 6.10 Å². The van der Waals surface area contributed by atoms with E-state index in [0.717, 1.165) is 18.4 Å². The van der Waals surface area contributed by atoms with Crippen LogP contribution in [0.2, 0.25) is 0 Å². The Hall–Kier alpha value is -2.61. The van der Waals surface area contributed by atoms with Gasteiger partial charge >= 0.3 is 6.09 Å². The Labute approximate surface area is 158 Å². The van der Waals surface area contributed by atoms with E-state index in [1.165, 1.54) is 0 Å². The summed E-state index contributed by atoms with van der Waals surface area (Å²) in [4.78, 5) is 18.2. The second-order valence-corrected chi connectivity index (χ2v) is 7.62. The number of piperidine rings is 1. The molecule has 0 bridgehead atoms. The van der Waals surface area contributed by atoms with Gasteiger partial charge in [0, 0.05) is 24.3 Å². The lowest BCUT2D eigenvalue weighted by atomic mass is 10.1. The number of hydrogen-bond acceptors (Lipinski definition) is 7. The molecule has 2 heterocycles. The van der Waals surface area contributed by atoms with Crippen LogP contribution in [0.5, 0.6) is 0 Å². The van der Waals surface area contributed by atoms with Crippen molar-refractivity contribution in [3.8, 4) is 11.5 Å². The number of anilines is 1. The number of aromatic nitrogens is 2. The molecule has 146 valence electrons. The zero-order valence-electron chi connectivity index (χ0n) is 16.0. The molecule has 1 fully saturated rings. The van der Waals surface area contributed by atoms with E-state index in [1.807, 2.05) is 32.9 Å². The summed E-state index contributed by atoms with van der Waals surface area (Å²) in [5.41, 5.74) is 6.69. The molecule has 0 atom stereocenters. The molecule has 3 rings (SSSR count). The molecule has 2 N–H and O–H groups in total. The van der Waals surface area contributed by atoms with Gasteiger partial charge < -0.3 is 24.6 Å². The number of carbonyl (C=O) groups is 1. The number of likely N-dealkylation sites (tertiary alicyclic amines) is 1. The Morgan fingerprint density at radius 3 is 2.56 bits per heavy atom. The van der Waals surface area contributed by atoms with E-state index in [1.54, 1.807) is 17.0 Å². The molecule has 1 aliphatic heterocycles. The summed E-state index contributed by atoms with van der Waals surface area (Å²) in [5.74, 6) is 0.935. The number of benzene rings is 1. The quantitative estimate of drug-likeness (QED) is 0.819. The van der Waals surface area contributed by atoms with Gasteiger partial charge in [-0.25, -0.2) is 4.79 Å². The summed E-state index contributed by atoms with van der Waals surface area (Å²) in [6, 6.07) is 7.24. The molecule has 0 radical (unpaired) electrons. The SMILES string of the molecule is CC(C)(C)OC(=O)N1CCC(OCc2noc(-c3ccc(N)cc3)n2)CC1. The number of amides is 1. The number of hydrogen-bond donors (Lipinski definition) is 1. The average molecular weight is 374 g/mol. The van der Waals surface area contributed by atoms with Gasteiger partial charge in [0.25, 0.3) is 5.89 Å². The van der Waals surface area contributed by atoms with Crippen molar-refractivity contribution in [3.63, 3.8) is 0 Å². The third kappa shape index (κ3) is 5.43. The molecule has 2 aromatic rings. The van der Waals surface area contributed by atoms with Crippen molar-refractivity contribution in [2.24, 2.45) is 0 Å². The summed E-state index contributed by atoms with van der Waals surface area (Å²) in [6.45, 7) is 7.10. The summed E-state index contributed by atoms with van der Waals surface area (Å²) >= 11 is 0. The smallest absolute Gasteiger partial charge is 0.410 e. The third-order valence-corrected chi connectivity index (χ3v) is 4.17. The molecular weight excluding hydrogens is 348 g/mol. The van der Waals surface area contributed by atoms with Gasteiger partial charge in [-0.1, -0.05) is 5.16 Å². The summed E-state index contributed by atoms with van der Waals surface area (Å²) < 4.78 is 16.6. The van der Waals surface area contributed by atoms with E-state index in [2.05, 4.69) is 10.1 Å². The molecule has 1 amide bonds. The maximum Gasteiger partial charge on any atom is 0.410 e. The Bertz CT molecular complexity index is 759. The van der Waals surface area contributed by atoms with Crippen LogP contribution >= 0.6 is 0 Å². The minimum absolute atomic E-state index is 0.0576. The topological polar surface area (TPSA) is 104 Å². The van der Waals surface area contributed by atoms with Crippen LogP contribution < -0.4 is 5.73 Å². The van der Waals surface area contributed by atoms with E-state index in [4.69, 9.17) is 19.7 Å². The molecule has 27 heavy (non-hydrogen) atoms. The highest BCUT2D eigenvalue weighted by molar-refractivity contribution is 5.68. The Kier molecular flexibility index (Phi) is 5.65. The number of rotatable bonds is 4. The molecule has 1 aliphatic rings. The molecule has 1 saturated heterocycles. The number of nitrogen functional groups attached to an aromatic ring is 1. The molecule has 1 aromatic carbocycles. The van der Waals surface area contributed by atoms with Crippen molar-refractivity contribution in [3.05, 3.63) is 30.1 Å². The number of nitrogens with zero attached hydrogens (tertiary/aromatic N) is 3. The van der Waals surface area contributed by atoms with Gasteiger partial charge in [-0.15, -0.1) is 0 Å². The minimum Gasteiger partial charge on any atom is -0.444 e. The summed E-state index contributed by atoms with van der Waals surface area (Å²) in [5, 5.41) is 3.96. The van der Waals surface area contributed by atoms with Crippen LogP contribution in [0.3, 0.4) is 0 Å². The van der Waals surface area contributed by atoms with Gasteiger partial charge in [-0.2, -0.15) is 4.98 Å². The fraction of sp³-hybridized carbons (Fsp3) is 0.526. The van der Waals surface area contributed by atoms with Crippen molar-refractivity contribution in [2.45, 2.75) is 51.9 Å². The first-order valence-corrected chi connectivity index (χ1v) is 9.08. The first-order chi connectivity index (χ1) is 12.8. The predicted octanol–water partition coefficient (Wildman–Crippen LogP) is 3.23. The van der Waals surface area contributed by atoms with E-state index in [0.29, 0.717) is 30.5 Å². The third-order valence-electron chi connectivity index (χ3n) is 4.17. The summed E-state index contributed by atoms with van der Waals surface area (Å²) in [7, 11) is 0. The molecule has 8 heteroatoms. The van der Waals surface area contributed by atoms with Crippen LogP contribution in [0.4, 0.5) is 10.5 Å². The van der Waals surface area contributed by atoms with Crippen LogP contribution in [-0.4, -0.2) is 45.9 Å². The van der Waals surface area contributed by atoms with E-state index < -0.39 is 5.60 Å². The first-order valence-electron chi connectivity index (χ1n) is 9.08. The number of carbonyl (C=O) groups excluding carboxylic acids is 1. The fourth-order valence-electron chi connectivity index (χ4n) is 2.78. The van der Waals surface area contributed by atoms with Crippen molar-refractivity contribution >= 4 is 11.8 Å². The maximum absolute atomic E-state index is 12.1. The average Bonchev–Trinajstić information content (AvgIpc) is 3.08. The second kappa shape index (κ2) is 7.96. The summed E-state index contributed by atoms with van der Waals surface area (Å²) in [6.07, 6.45) is 1.29. The highest BCUT2D eigenvalue weighted by Crippen LogP contribution is 2.20. The molecule has 1 aromatic heterocycles. The first kappa shape index (κ1) is 19.2. The fourth-order valence-corrected chi connectivity index (χ4v) is 2.78. The molecule has 0 spiro atoms. The van der Waals surface area contributed by atoms with Crippen LogP contribution in [0.1, 0.15) is 39.4 Å². The van der Waals surface area contributed by atoms with Gasteiger partial charge in [-0.3, -0.25) is 0 Å². The van der Waals surface area contributed by atoms with Gasteiger partial charge in [-0.05, 0) is 57.9 Å². The zero-order chi connectivity index (χ0) is 19.4. The van der Waals surface area contributed by atoms with E-state index >= 15 is 0 Å². The standard InChI is InChI=1S/C19H26N4O4/c1-19(2,3)26-18(24)23-10-8-15(9-11-23)25-12-16-21-17(27-22-16)13-4-6-14(20)7-5-13/h4-7,15H,8-12,20H2,1-3H3. The number of nitrogens with two attached hydrogens (primary N) is 1. The van der Waals surface area contributed by atoms with Gasteiger partial charge in [0.15, 0.2) is 5.82 Å². The lowest BCUT2D eigenvalue weighted by Gasteiger charge is -2.33. The van der Waals surface area contributed by atoms with Crippen LogP contribution in [0.25, 0.3) is 11.5 Å². The normalized spacial score (nSPS) is 15.7. The van der Waals surface area contributed by atoms with Crippen LogP contribution in [0.15, 0.2) is 28.8 Å². The van der Waals surface area contributed by atoms with E-state index in [9.17, 15) is 4.79 Å². The predicted molar refractivity (Wildman–Crippen MR) is 99.8 cm³/mol.